The van der Waals surface area contributed by atoms with Gasteiger partial charge in [-0.05, 0) is 25.0 Å². The van der Waals surface area contributed by atoms with Crippen molar-refractivity contribution in [1.29, 1.82) is 0 Å². The summed E-state index contributed by atoms with van der Waals surface area (Å²) in [6, 6.07) is 4.06. The third kappa shape index (κ3) is 2.67. The van der Waals surface area contributed by atoms with E-state index in [1.54, 1.807) is 18.6 Å². The fourth-order valence-corrected chi connectivity index (χ4v) is 3.41. The van der Waals surface area contributed by atoms with E-state index in [9.17, 15) is 0 Å². The zero-order valence-electron chi connectivity index (χ0n) is 13.9. The van der Waals surface area contributed by atoms with Crippen molar-refractivity contribution in [3.8, 4) is 0 Å². The molecule has 0 radical (unpaired) electrons. The first kappa shape index (κ1) is 14.6. The van der Waals surface area contributed by atoms with Gasteiger partial charge in [0.1, 0.15) is 11.6 Å². The van der Waals surface area contributed by atoms with Crippen LogP contribution in [0.4, 0.5) is 11.6 Å². The number of nitrogens with zero attached hydrogens (tertiary/aromatic N) is 7. The van der Waals surface area contributed by atoms with Crippen molar-refractivity contribution in [2.75, 3.05) is 29.9 Å². The summed E-state index contributed by atoms with van der Waals surface area (Å²) in [5.74, 6) is 3.97. The Morgan fingerprint density at radius 1 is 1.12 bits per heavy atom. The Labute approximate surface area is 145 Å². The molecule has 0 bridgehead atoms. The van der Waals surface area contributed by atoms with Gasteiger partial charge in [0, 0.05) is 43.9 Å². The highest BCUT2D eigenvalue weighted by atomic mass is 15.4. The SMILES string of the molecule is c1cnc(NCC2CN(c3ccc4nnc(C5CCC5)n4n3)C2)cn1. The number of aromatic nitrogens is 6. The van der Waals surface area contributed by atoms with Crippen LogP contribution in [0.5, 0.6) is 0 Å². The summed E-state index contributed by atoms with van der Waals surface area (Å²) in [5, 5.41) is 16.7. The van der Waals surface area contributed by atoms with E-state index in [-0.39, 0.29) is 0 Å². The number of rotatable bonds is 5. The van der Waals surface area contributed by atoms with Crippen LogP contribution in [0.15, 0.2) is 30.7 Å². The van der Waals surface area contributed by atoms with Crippen molar-refractivity contribution >= 4 is 17.3 Å². The minimum absolute atomic E-state index is 0.526. The van der Waals surface area contributed by atoms with Crippen LogP contribution in [0.1, 0.15) is 31.0 Å². The van der Waals surface area contributed by atoms with E-state index in [4.69, 9.17) is 5.10 Å². The van der Waals surface area contributed by atoms with Crippen LogP contribution in [0.25, 0.3) is 5.65 Å². The number of fused-ring (bicyclic) bond motifs is 1. The summed E-state index contributed by atoms with van der Waals surface area (Å²) in [7, 11) is 0. The Morgan fingerprint density at radius 2 is 2.04 bits per heavy atom. The monoisotopic (exact) mass is 336 g/mol. The molecule has 8 heteroatoms. The average molecular weight is 336 g/mol. The van der Waals surface area contributed by atoms with Gasteiger partial charge < -0.3 is 10.2 Å². The van der Waals surface area contributed by atoms with Gasteiger partial charge >= 0.3 is 0 Å². The Kier molecular flexibility index (Phi) is 3.46. The summed E-state index contributed by atoms with van der Waals surface area (Å²) in [5.41, 5.74) is 0.840. The number of anilines is 2. The van der Waals surface area contributed by atoms with Crippen molar-refractivity contribution in [3.63, 3.8) is 0 Å². The van der Waals surface area contributed by atoms with Gasteiger partial charge in [0.15, 0.2) is 11.5 Å². The van der Waals surface area contributed by atoms with Crippen LogP contribution in [0.3, 0.4) is 0 Å². The van der Waals surface area contributed by atoms with Crippen LogP contribution in [0, 0.1) is 5.92 Å². The largest absolute Gasteiger partial charge is 0.368 e. The molecule has 2 aliphatic rings. The molecule has 1 saturated heterocycles. The van der Waals surface area contributed by atoms with E-state index in [2.05, 4.69) is 30.4 Å². The second-order valence-corrected chi connectivity index (χ2v) is 6.89. The second-order valence-electron chi connectivity index (χ2n) is 6.89. The third-order valence-electron chi connectivity index (χ3n) is 5.16. The van der Waals surface area contributed by atoms with E-state index in [0.29, 0.717) is 11.8 Å². The van der Waals surface area contributed by atoms with Gasteiger partial charge in [0.25, 0.3) is 0 Å². The fourth-order valence-electron chi connectivity index (χ4n) is 3.41. The minimum atomic E-state index is 0.526. The van der Waals surface area contributed by atoms with Crippen molar-refractivity contribution in [3.05, 3.63) is 36.5 Å². The van der Waals surface area contributed by atoms with Crippen molar-refractivity contribution in [2.24, 2.45) is 5.92 Å². The maximum Gasteiger partial charge on any atom is 0.178 e. The van der Waals surface area contributed by atoms with Gasteiger partial charge in [0.05, 0.1) is 6.20 Å². The van der Waals surface area contributed by atoms with Crippen molar-refractivity contribution < 1.29 is 0 Å². The first-order chi connectivity index (χ1) is 12.4. The molecule has 0 unspecified atom stereocenters. The highest BCUT2D eigenvalue weighted by Gasteiger charge is 2.29. The molecule has 0 spiro atoms. The summed E-state index contributed by atoms with van der Waals surface area (Å²) >= 11 is 0. The molecule has 1 N–H and O–H groups in total. The van der Waals surface area contributed by atoms with Crippen LogP contribution < -0.4 is 10.2 Å². The molecule has 8 nitrogen and oxygen atoms in total. The second kappa shape index (κ2) is 5.94. The van der Waals surface area contributed by atoms with E-state index in [1.807, 2.05) is 16.6 Å². The molecule has 3 aromatic rings. The summed E-state index contributed by atoms with van der Waals surface area (Å²) < 4.78 is 1.93. The smallest absolute Gasteiger partial charge is 0.178 e. The zero-order valence-corrected chi connectivity index (χ0v) is 13.9. The molecular weight excluding hydrogens is 316 g/mol. The predicted octanol–water partition coefficient (Wildman–Crippen LogP) is 1.73. The summed E-state index contributed by atoms with van der Waals surface area (Å²) in [6.07, 6.45) is 8.82. The van der Waals surface area contributed by atoms with Gasteiger partial charge in [0.2, 0.25) is 0 Å². The average Bonchev–Trinajstić information content (AvgIpc) is 2.96. The summed E-state index contributed by atoms with van der Waals surface area (Å²) in [4.78, 5) is 10.6. The molecule has 0 amide bonds. The molecule has 2 fully saturated rings. The summed E-state index contributed by atoms with van der Waals surface area (Å²) in [6.45, 7) is 2.89. The molecule has 128 valence electrons. The topological polar surface area (TPSA) is 84.1 Å². The van der Waals surface area contributed by atoms with Gasteiger partial charge in [-0.3, -0.25) is 4.98 Å². The fraction of sp³-hybridized carbons (Fsp3) is 0.471. The third-order valence-corrected chi connectivity index (χ3v) is 5.16. The van der Waals surface area contributed by atoms with E-state index < -0.39 is 0 Å². The first-order valence-electron chi connectivity index (χ1n) is 8.84. The Hall–Kier alpha value is -2.77. The van der Waals surface area contributed by atoms with Crippen LogP contribution >= 0.6 is 0 Å². The molecule has 0 atom stereocenters. The lowest BCUT2D eigenvalue weighted by Gasteiger charge is -2.40. The lowest BCUT2D eigenvalue weighted by molar-refractivity contribution is 0.393. The molecule has 0 aromatic carbocycles. The maximum atomic E-state index is 4.79. The quantitative estimate of drug-likeness (QED) is 0.759. The Morgan fingerprint density at radius 3 is 2.80 bits per heavy atom. The number of hydrogen-bond donors (Lipinski definition) is 1. The molecule has 3 aromatic heterocycles. The van der Waals surface area contributed by atoms with Crippen LogP contribution in [-0.4, -0.2) is 49.4 Å². The maximum absolute atomic E-state index is 4.79. The normalized spacial score (nSPS) is 18.2. The lowest BCUT2D eigenvalue weighted by Crippen LogP contribution is -2.50. The van der Waals surface area contributed by atoms with Crippen LogP contribution in [-0.2, 0) is 0 Å². The van der Waals surface area contributed by atoms with Gasteiger partial charge in [-0.1, -0.05) is 6.42 Å². The zero-order chi connectivity index (χ0) is 16.6. The highest BCUT2D eigenvalue weighted by molar-refractivity contribution is 5.48. The molecule has 25 heavy (non-hydrogen) atoms. The molecule has 5 rings (SSSR count). The molecular formula is C17H20N8. The Bertz CT molecular complexity index is 867. The van der Waals surface area contributed by atoms with Gasteiger partial charge in [-0.25, -0.2) is 4.98 Å². The van der Waals surface area contributed by atoms with E-state index in [1.165, 1.54) is 19.3 Å². The van der Waals surface area contributed by atoms with Crippen molar-refractivity contribution in [2.45, 2.75) is 25.2 Å². The predicted molar refractivity (Wildman–Crippen MR) is 93.6 cm³/mol. The highest BCUT2D eigenvalue weighted by Crippen LogP contribution is 2.35. The molecule has 1 aliphatic carbocycles. The van der Waals surface area contributed by atoms with E-state index in [0.717, 1.165) is 42.7 Å². The van der Waals surface area contributed by atoms with E-state index >= 15 is 0 Å². The lowest BCUT2D eigenvalue weighted by atomic mass is 9.85. The Balaban J connectivity index is 1.24. The minimum Gasteiger partial charge on any atom is -0.368 e. The van der Waals surface area contributed by atoms with Crippen molar-refractivity contribution in [1.82, 2.24) is 29.8 Å². The first-order valence-corrected chi connectivity index (χ1v) is 8.84. The molecule has 1 aliphatic heterocycles. The van der Waals surface area contributed by atoms with Gasteiger partial charge in [-0.15, -0.1) is 15.3 Å². The van der Waals surface area contributed by atoms with Gasteiger partial charge in [-0.2, -0.15) is 4.52 Å². The number of hydrogen-bond acceptors (Lipinski definition) is 7. The van der Waals surface area contributed by atoms with Crippen LogP contribution in [0.2, 0.25) is 0 Å². The number of nitrogens with one attached hydrogen (secondary N) is 1. The standard InChI is InChI=1S/C17H20N8/c1-2-13(3-1)17-22-21-15-4-5-16(23-25(15)17)24-10-12(11-24)8-20-14-9-18-6-7-19-14/h4-7,9,12-13H,1-3,8,10-11H2,(H,19,20). The molecule has 1 saturated carbocycles. The molecule has 4 heterocycles.